The van der Waals surface area contributed by atoms with Gasteiger partial charge in [-0.2, -0.15) is 0 Å². The number of alkyl carbamates (subject to hydrolysis) is 1. The van der Waals surface area contributed by atoms with Crippen LogP contribution in [0, 0.1) is 11.3 Å². The molecule has 1 aliphatic rings. The first-order valence-electron chi connectivity index (χ1n) is 11.7. The van der Waals surface area contributed by atoms with Gasteiger partial charge < -0.3 is 20.1 Å². The first kappa shape index (κ1) is 25.3. The average molecular weight is 467 g/mol. The Labute approximate surface area is 201 Å². The number of rotatable bonds is 10. The van der Waals surface area contributed by atoms with Crippen molar-refractivity contribution in [1.29, 1.82) is 0 Å². The van der Waals surface area contributed by atoms with Gasteiger partial charge in [0.1, 0.15) is 13.2 Å². The van der Waals surface area contributed by atoms with Crippen molar-refractivity contribution in [3.05, 3.63) is 59.7 Å². The Bertz CT molecular complexity index is 1000. The number of ether oxygens (including phenoxy) is 1. The van der Waals surface area contributed by atoms with Crippen LogP contribution in [0.1, 0.15) is 51.2 Å². The second-order valence-corrected chi connectivity index (χ2v) is 10.1. The standard InChI is InChI=1S/C27H34N2O5/c1-18(2)14-29(15-25(31)32)24(30)13-27(3,4)17-28-26(33)34-16-23-21-11-7-5-9-19(21)20-10-6-8-12-22(20)23/h5-12,18,23H,13-17H2,1-4H3,(H,28,33)(H,31,32). The molecule has 0 bridgehead atoms. The van der Waals surface area contributed by atoms with Gasteiger partial charge in [0, 0.05) is 25.4 Å². The molecule has 7 heteroatoms. The molecule has 0 aromatic heterocycles. The molecule has 3 rings (SSSR count). The SMILES string of the molecule is CC(C)CN(CC(=O)O)C(=O)CC(C)(C)CNC(=O)OCC1c2ccccc2-c2ccccc21. The smallest absolute Gasteiger partial charge is 0.407 e. The van der Waals surface area contributed by atoms with Gasteiger partial charge in [-0.1, -0.05) is 76.2 Å². The maximum absolute atomic E-state index is 12.7. The number of carboxylic acids is 1. The third-order valence-corrected chi connectivity index (χ3v) is 5.95. The van der Waals surface area contributed by atoms with E-state index in [1.807, 2.05) is 52.0 Å². The first-order chi connectivity index (χ1) is 16.1. The van der Waals surface area contributed by atoms with Crippen molar-refractivity contribution >= 4 is 18.0 Å². The van der Waals surface area contributed by atoms with Crippen molar-refractivity contribution in [3.63, 3.8) is 0 Å². The molecule has 0 unspecified atom stereocenters. The predicted molar refractivity (Wildman–Crippen MR) is 131 cm³/mol. The van der Waals surface area contributed by atoms with Crippen LogP contribution >= 0.6 is 0 Å². The Morgan fingerprint density at radius 3 is 2.12 bits per heavy atom. The van der Waals surface area contributed by atoms with Gasteiger partial charge in [0.2, 0.25) is 5.91 Å². The molecule has 0 radical (unpaired) electrons. The number of hydrogen-bond acceptors (Lipinski definition) is 4. The summed E-state index contributed by atoms with van der Waals surface area (Å²) < 4.78 is 5.57. The Morgan fingerprint density at radius 2 is 1.59 bits per heavy atom. The van der Waals surface area contributed by atoms with Crippen LogP contribution in [0.15, 0.2) is 48.5 Å². The number of amides is 2. The zero-order chi connectivity index (χ0) is 24.9. The van der Waals surface area contributed by atoms with Gasteiger partial charge in [-0.25, -0.2) is 4.79 Å². The molecule has 0 heterocycles. The van der Waals surface area contributed by atoms with Crippen LogP contribution in [0.4, 0.5) is 4.79 Å². The van der Waals surface area contributed by atoms with Crippen molar-refractivity contribution in [3.8, 4) is 11.1 Å². The van der Waals surface area contributed by atoms with E-state index in [0.29, 0.717) is 6.54 Å². The molecule has 0 saturated heterocycles. The summed E-state index contributed by atoms with van der Waals surface area (Å²) in [7, 11) is 0. The van der Waals surface area contributed by atoms with E-state index in [1.165, 1.54) is 16.0 Å². The molecule has 2 N–H and O–H groups in total. The van der Waals surface area contributed by atoms with Crippen molar-refractivity contribution in [2.45, 2.75) is 40.0 Å². The van der Waals surface area contributed by atoms with E-state index in [2.05, 4.69) is 29.6 Å². The number of carbonyl (C=O) groups excluding carboxylic acids is 2. The van der Waals surface area contributed by atoms with E-state index in [9.17, 15) is 14.4 Å². The molecule has 2 amide bonds. The zero-order valence-electron chi connectivity index (χ0n) is 20.3. The summed E-state index contributed by atoms with van der Waals surface area (Å²) in [5.74, 6) is -1.14. The minimum atomic E-state index is -1.04. The fourth-order valence-corrected chi connectivity index (χ4v) is 4.40. The highest BCUT2D eigenvalue weighted by Crippen LogP contribution is 2.44. The predicted octanol–water partition coefficient (Wildman–Crippen LogP) is 4.51. The normalized spacial score (nSPS) is 12.7. The summed E-state index contributed by atoms with van der Waals surface area (Å²) in [5, 5.41) is 11.9. The number of hydrogen-bond donors (Lipinski definition) is 2. The highest BCUT2D eigenvalue weighted by atomic mass is 16.5. The summed E-state index contributed by atoms with van der Waals surface area (Å²) >= 11 is 0. The lowest BCUT2D eigenvalue weighted by Crippen LogP contribution is -2.42. The summed E-state index contributed by atoms with van der Waals surface area (Å²) in [6.45, 7) is 8.11. The molecule has 7 nitrogen and oxygen atoms in total. The summed E-state index contributed by atoms with van der Waals surface area (Å²) in [6, 6.07) is 16.3. The molecule has 0 spiro atoms. The van der Waals surface area contributed by atoms with Crippen molar-refractivity contribution in [2.24, 2.45) is 11.3 Å². The van der Waals surface area contributed by atoms with Crippen LogP contribution in [-0.4, -0.2) is 54.2 Å². The third kappa shape index (κ3) is 6.37. The molecule has 0 atom stereocenters. The zero-order valence-corrected chi connectivity index (χ0v) is 20.3. The molecule has 0 saturated carbocycles. The summed E-state index contributed by atoms with van der Waals surface area (Å²) in [4.78, 5) is 37.7. The number of fused-ring (bicyclic) bond motifs is 3. The number of aliphatic carboxylic acids is 1. The Balaban J connectivity index is 1.54. The monoisotopic (exact) mass is 466 g/mol. The van der Waals surface area contributed by atoms with Crippen LogP contribution in [0.25, 0.3) is 11.1 Å². The molecule has 1 aliphatic carbocycles. The van der Waals surface area contributed by atoms with Crippen LogP contribution < -0.4 is 5.32 Å². The van der Waals surface area contributed by atoms with Crippen LogP contribution in [0.5, 0.6) is 0 Å². The van der Waals surface area contributed by atoms with Gasteiger partial charge in [-0.05, 0) is 33.6 Å². The quantitative estimate of drug-likeness (QED) is 0.537. The highest BCUT2D eigenvalue weighted by molar-refractivity contribution is 5.82. The highest BCUT2D eigenvalue weighted by Gasteiger charge is 2.30. The van der Waals surface area contributed by atoms with Gasteiger partial charge in [0.25, 0.3) is 0 Å². The molecule has 0 fully saturated rings. The number of nitrogens with one attached hydrogen (secondary N) is 1. The van der Waals surface area contributed by atoms with E-state index in [4.69, 9.17) is 9.84 Å². The molecule has 0 aliphatic heterocycles. The second kappa shape index (κ2) is 10.7. The number of nitrogens with zero attached hydrogens (tertiary/aromatic N) is 1. The van der Waals surface area contributed by atoms with Crippen LogP contribution in [0.3, 0.4) is 0 Å². The van der Waals surface area contributed by atoms with Crippen LogP contribution in [-0.2, 0) is 14.3 Å². The lowest BCUT2D eigenvalue weighted by atomic mass is 9.88. The fraction of sp³-hybridized carbons (Fsp3) is 0.444. The van der Waals surface area contributed by atoms with E-state index in [-0.39, 0.29) is 43.9 Å². The molecule has 182 valence electrons. The largest absolute Gasteiger partial charge is 0.480 e. The number of carboxylic acid groups (broad SMARTS) is 1. The van der Waals surface area contributed by atoms with E-state index >= 15 is 0 Å². The summed E-state index contributed by atoms with van der Waals surface area (Å²) in [5.41, 5.74) is 4.06. The van der Waals surface area contributed by atoms with Gasteiger partial charge in [-0.15, -0.1) is 0 Å². The van der Waals surface area contributed by atoms with Crippen molar-refractivity contribution in [1.82, 2.24) is 10.2 Å². The molecule has 2 aromatic carbocycles. The third-order valence-electron chi connectivity index (χ3n) is 5.95. The molecule has 34 heavy (non-hydrogen) atoms. The topological polar surface area (TPSA) is 95.9 Å². The Kier molecular flexibility index (Phi) is 7.97. The number of benzene rings is 2. The fourth-order valence-electron chi connectivity index (χ4n) is 4.40. The first-order valence-corrected chi connectivity index (χ1v) is 11.7. The Hall–Kier alpha value is -3.35. The van der Waals surface area contributed by atoms with Gasteiger partial charge in [0.15, 0.2) is 0 Å². The van der Waals surface area contributed by atoms with Gasteiger partial charge in [0.05, 0.1) is 0 Å². The Morgan fingerprint density at radius 1 is 1.03 bits per heavy atom. The van der Waals surface area contributed by atoms with Crippen LogP contribution in [0.2, 0.25) is 0 Å². The van der Waals surface area contributed by atoms with E-state index in [0.717, 1.165) is 11.1 Å². The lowest BCUT2D eigenvalue weighted by molar-refractivity contribution is -0.145. The van der Waals surface area contributed by atoms with E-state index < -0.39 is 17.5 Å². The lowest BCUT2D eigenvalue weighted by Gasteiger charge is -2.29. The van der Waals surface area contributed by atoms with Gasteiger partial charge >= 0.3 is 12.1 Å². The van der Waals surface area contributed by atoms with E-state index in [1.54, 1.807) is 0 Å². The molecular formula is C27H34N2O5. The van der Waals surface area contributed by atoms with Crippen molar-refractivity contribution < 1.29 is 24.2 Å². The second-order valence-electron chi connectivity index (χ2n) is 10.1. The van der Waals surface area contributed by atoms with Gasteiger partial charge in [-0.3, -0.25) is 9.59 Å². The number of carbonyl (C=O) groups is 3. The minimum absolute atomic E-state index is 0.0200. The summed E-state index contributed by atoms with van der Waals surface area (Å²) in [6.07, 6.45) is -0.414. The maximum atomic E-state index is 12.7. The average Bonchev–Trinajstić information content (AvgIpc) is 3.09. The molecular weight excluding hydrogens is 432 g/mol. The minimum Gasteiger partial charge on any atom is -0.480 e. The van der Waals surface area contributed by atoms with Crippen molar-refractivity contribution in [2.75, 3.05) is 26.2 Å². The molecule has 2 aromatic rings. The maximum Gasteiger partial charge on any atom is 0.407 e.